The fourth-order valence-corrected chi connectivity index (χ4v) is 1.82. The van der Waals surface area contributed by atoms with E-state index in [1.807, 2.05) is 63.5 Å². The first-order chi connectivity index (χ1) is 11.7. The molecule has 1 nitrogen and oxygen atoms in total. The smallest absolute Gasteiger partial charge is 0.0249 e. The Labute approximate surface area is 146 Å². The number of hydrogen-bond donors (Lipinski definition) is 1. The third-order valence-electron chi connectivity index (χ3n) is 3.23. The third-order valence-corrected chi connectivity index (χ3v) is 3.23. The maximum atomic E-state index is 3.67. The standard InChI is InChI=1S/C23H25N/c1-5-8-9-20(6-2)10-12-22-14-16-23(17-15-22)13-11-21(7-3)18-19-24-4/h5-9,11,13-19,24H,1H2,2-4H3/b9-8-,13-11?,19-18-,20-6+,21-7-. The van der Waals surface area contributed by atoms with Crippen LogP contribution in [0.2, 0.25) is 0 Å². The second kappa shape index (κ2) is 11.6. The van der Waals surface area contributed by atoms with Gasteiger partial charge in [-0.2, -0.15) is 0 Å². The zero-order valence-corrected chi connectivity index (χ0v) is 14.7. The molecule has 0 atom stereocenters. The average Bonchev–Trinajstić information content (AvgIpc) is 2.63. The largest absolute Gasteiger partial charge is 0.394 e. The van der Waals surface area contributed by atoms with Crippen molar-refractivity contribution in [3.63, 3.8) is 0 Å². The summed E-state index contributed by atoms with van der Waals surface area (Å²) in [5.41, 5.74) is 4.28. The third kappa shape index (κ3) is 7.33. The van der Waals surface area contributed by atoms with Crippen LogP contribution in [0.3, 0.4) is 0 Å². The highest BCUT2D eigenvalue weighted by atomic mass is 14.8. The van der Waals surface area contributed by atoms with Crippen LogP contribution in [0.5, 0.6) is 0 Å². The van der Waals surface area contributed by atoms with Gasteiger partial charge >= 0.3 is 0 Å². The van der Waals surface area contributed by atoms with E-state index in [1.54, 1.807) is 6.08 Å². The predicted octanol–water partition coefficient (Wildman–Crippen LogP) is 5.42. The number of rotatable bonds is 6. The van der Waals surface area contributed by atoms with Gasteiger partial charge in [0.1, 0.15) is 0 Å². The molecule has 0 aliphatic carbocycles. The molecular formula is C23H25N. The summed E-state index contributed by atoms with van der Waals surface area (Å²) in [4.78, 5) is 0. The highest BCUT2D eigenvalue weighted by molar-refractivity contribution is 5.56. The van der Waals surface area contributed by atoms with E-state index in [9.17, 15) is 0 Å². The summed E-state index contributed by atoms with van der Waals surface area (Å²) in [5.74, 6) is 6.33. The van der Waals surface area contributed by atoms with Crippen molar-refractivity contribution in [3.8, 4) is 11.8 Å². The van der Waals surface area contributed by atoms with Crippen molar-refractivity contribution in [1.29, 1.82) is 0 Å². The van der Waals surface area contributed by atoms with Gasteiger partial charge in [-0.05, 0) is 55.5 Å². The molecule has 24 heavy (non-hydrogen) atoms. The molecule has 1 N–H and O–H groups in total. The van der Waals surface area contributed by atoms with Gasteiger partial charge in [-0.1, -0.05) is 67.0 Å². The molecule has 0 spiro atoms. The van der Waals surface area contributed by atoms with Crippen molar-refractivity contribution >= 4 is 6.08 Å². The van der Waals surface area contributed by atoms with E-state index in [-0.39, 0.29) is 0 Å². The minimum Gasteiger partial charge on any atom is -0.394 e. The summed E-state index contributed by atoms with van der Waals surface area (Å²) in [5, 5.41) is 2.99. The topological polar surface area (TPSA) is 12.0 Å². The maximum Gasteiger partial charge on any atom is 0.0249 e. The molecule has 0 aliphatic rings. The monoisotopic (exact) mass is 315 g/mol. The maximum absolute atomic E-state index is 3.67. The molecule has 0 saturated carbocycles. The molecule has 0 bridgehead atoms. The second-order valence-electron chi connectivity index (χ2n) is 4.95. The summed E-state index contributed by atoms with van der Waals surface area (Å²) < 4.78 is 0. The number of hydrogen-bond acceptors (Lipinski definition) is 1. The van der Waals surface area contributed by atoms with Gasteiger partial charge in [0.05, 0.1) is 0 Å². The van der Waals surface area contributed by atoms with Gasteiger partial charge in [-0.3, -0.25) is 0 Å². The Morgan fingerprint density at radius 2 is 1.79 bits per heavy atom. The van der Waals surface area contributed by atoms with Crippen molar-refractivity contribution in [3.05, 3.63) is 102 Å². The summed E-state index contributed by atoms with van der Waals surface area (Å²) in [6.07, 6.45) is 17.8. The molecular weight excluding hydrogens is 290 g/mol. The van der Waals surface area contributed by atoms with Crippen LogP contribution in [-0.2, 0) is 0 Å². The molecule has 0 aromatic heterocycles. The van der Waals surface area contributed by atoms with Crippen LogP contribution in [0.4, 0.5) is 0 Å². The van der Waals surface area contributed by atoms with Crippen LogP contribution in [-0.4, -0.2) is 7.05 Å². The summed E-state index contributed by atoms with van der Waals surface area (Å²) >= 11 is 0. The molecule has 1 heteroatoms. The average molecular weight is 315 g/mol. The Hall–Kier alpha value is -2.98. The second-order valence-corrected chi connectivity index (χ2v) is 4.95. The van der Waals surface area contributed by atoms with Crippen LogP contribution >= 0.6 is 0 Å². The van der Waals surface area contributed by atoms with Gasteiger partial charge in [-0.25, -0.2) is 0 Å². The van der Waals surface area contributed by atoms with E-state index in [0.717, 1.165) is 22.3 Å². The summed E-state index contributed by atoms with van der Waals surface area (Å²) in [6.45, 7) is 7.67. The van der Waals surface area contributed by atoms with Gasteiger partial charge in [-0.15, -0.1) is 0 Å². The minimum absolute atomic E-state index is 0.980. The molecule has 1 aromatic carbocycles. The summed E-state index contributed by atoms with van der Waals surface area (Å²) in [7, 11) is 1.89. The van der Waals surface area contributed by atoms with Crippen LogP contribution in [0.15, 0.2) is 90.7 Å². The van der Waals surface area contributed by atoms with Crippen molar-refractivity contribution < 1.29 is 0 Å². The van der Waals surface area contributed by atoms with Gasteiger partial charge < -0.3 is 5.32 Å². The number of benzene rings is 1. The lowest BCUT2D eigenvalue weighted by Gasteiger charge is -1.96. The summed E-state index contributed by atoms with van der Waals surface area (Å²) in [6, 6.07) is 8.22. The molecule has 0 saturated heterocycles. The number of nitrogens with one attached hydrogen (secondary N) is 1. The Morgan fingerprint density at radius 3 is 2.38 bits per heavy atom. The molecule has 0 unspecified atom stereocenters. The minimum atomic E-state index is 0.980. The predicted molar refractivity (Wildman–Crippen MR) is 107 cm³/mol. The van der Waals surface area contributed by atoms with Crippen molar-refractivity contribution in [2.75, 3.05) is 7.05 Å². The Bertz CT molecular complexity index is 726. The quantitative estimate of drug-likeness (QED) is 0.546. The lowest BCUT2D eigenvalue weighted by Crippen LogP contribution is -1.91. The van der Waals surface area contributed by atoms with Crippen LogP contribution in [0.1, 0.15) is 25.0 Å². The lowest BCUT2D eigenvalue weighted by atomic mass is 10.1. The first-order valence-electron chi connectivity index (χ1n) is 7.99. The first-order valence-corrected chi connectivity index (χ1v) is 7.99. The van der Waals surface area contributed by atoms with Crippen LogP contribution in [0, 0.1) is 11.8 Å². The van der Waals surface area contributed by atoms with Crippen molar-refractivity contribution in [2.45, 2.75) is 13.8 Å². The zero-order chi connectivity index (χ0) is 17.6. The highest BCUT2D eigenvalue weighted by Crippen LogP contribution is 2.09. The van der Waals surface area contributed by atoms with Crippen molar-refractivity contribution in [1.82, 2.24) is 5.32 Å². The zero-order valence-electron chi connectivity index (χ0n) is 14.7. The van der Waals surface area contributed by atoms with E-state index < -0.39 is 0 Å². The molecule has 0 heterocycles. The van der Waals surface area contributed by atoms with Crippen molar-refractivity contribution in [2.24, 2.45) is 0 Å². The van der Waals surface area contributed by atoms with Gasteiger partial charge in [0.2, 0.25) is 0 Å². The first kappa shape index (κ1) is 19.1. The fourth-order valence-electron chi connectivity index (χ4n) is 1.82. The molecule has 1 rings (SSSR count). The Kier molecular flexibility index (Phi) is 9.19. The molecule has 122 valence electrons. The fraction of sp³-hybridized carbons (Fsp3) is 0.130. The van der Waals surface area contributed by atoms with Crippen LogP contribution < -0.4 is 5.32 Å². The Balaban J connectivity index is 2.82. The molecule has 1 aromatic rings. The van der Waals surface area contributed by atoms with Gasteiger partial charge in [0.25, 0.3) is 0 Å². The normalized spacial score (nSPS) is 12.6. The Morgan fingerprint density at radius 1 is 1.04 bits per heavy atom. The van der Waals surface area contributed by atoms with E-state index in [2.05, 4.69) is 54.1 Å². The van der Waals surface area contributed by atoms with Gasteiger partial charge in [0.15, 0.2) is 0 Å². The van der Waals surface area contributed by atoms with Crippen LogP contribution in [0.25, 0.3) is 6.08 Å². The highest BCUT2D eigenvalue weighted by Gasteiger charge is 1.90. The van der Waals surface area contributed by atoms with E-state index >= 15 is 0 Å². The lowest BCUT2D eigenvalue weighted by molar-refractivity contribution is 1.10. The van der Waals surface area contributed by atoms with Gasteiger partial charge in [0, 0.05) is 18.2 Å². The van der Waals surface area contributed by atoms with E-state index in [1.165, 1.54) is 0 Å². The molecule has 0 amide bonds. The number of allylic oxidation sites excluding steroid dienone is 9. The SMILES string of the molecule is C=C/C=C\C(C#Cc1ccc(C=CC(/C=C\NC)=C/C)cc1)=C/C. The molecule has 0 aliphatic heterocycles. The molecule has 0 fully saturated rings. The van der Waals surface area contributed by atoms with E-state index in [4.69, 9.17) is 0 Å². The molecule has 0 radical (unpaired) electrons. The van der Waals surface area contributed by atoms with E-state index in [0.29, 0.717) is 0 Å².